The van der Waals surface area contributed by atoms with E-state index in [-0.39, 0.29) is 6.79 Å². The zero-order valence-corrected chi connectivity index (χ0v) is 21.4. The topological polar surface area (TPSA) is 84.0 Å². The summed E-state index contributed by atoms with van der Waals surface area (Å²) in [7, 11) is 0. The van der Waals surface area contributed by atoms with Crippen LogP contribution in [0.5, 0.6) is 17.2 Å². The first kappa shape index (κ1) is 24.2. The van der Waals surface area contributed by atoms with Gasteiger partial charge in [-0.2, -0.15) is 10.2 Å². The normalized spacial score (nSPS) is 14.9. The van der Waals surface area contributed by atoms with Crippen molar-refractivity contribution in [2.75, 3.05) is 37.9 Å². The van der Waals surface area contributed by atoms with Gasteiger partial charge in [-0.1, -0.05) is 35.9 Å². The van der Waals surface area contributed by atoms with Crippen LogP contribution in [-0.4, -0.2) is 42.9 Å². The van der Waals surface area contributed by atoms with Gasteiger partial charge in [0.1, 0.15) is 18.4 Å². The molecule has 9 heteroatoms. The Balaban J connectivity index is 1.08. The molecular formula is C29H25ClN4O4. The van der Waals surface area contributed by atoms with E-state index in [1.165, 1.54) is 5.56 Å². The maximum absolute atomic E-state index is 9.72. The number of hydrogen-bond acceptors (Lipinski definition) is 8. The molecule has 0 radical (unpaired) electrons. The van der Waals surface area contributed by atoms with Crippen molar-refractivity contribution < 1.29 is 18.6 Å². The molecule has 4 aromatic rings. The Labute approximate surface area is 225 Å². The van der Waals surface area contributed by atoms with Gasteiger partial charge in [0.05, 0.1) is 0 Å². The molecule has 1 fully saturated rings. The molecule has 0 bridgehead atoms. The third kappa shape index (κ3) is 5.12. The highest BCUT2D eigenvalue weighted by molar-refractivity contribution is 6.31. The Kier molecular flexibility index (Phi) is 6.78. The molecule has 2 aliphatic rings. The van der Waals surface area contributed by atoms with E-state index in [1.54, 1.807) is 0 Å². The molecule has 3 aromatic carbocycles. The van der Waals surface area contributed by atoms with E-state index in [0.717, 1.165) is 55.3 Å². The minimum atomic E-state index is 0.277. The number of ether oxygens (including phenoxy) is 3. The number of benzene rings is 3. The number of halogens is 1. The highest BCUT2D eigenvalue weighted by atomic mass is 35.5. The summed E-state index contributed by atoms with van der Waals surface area (Å²) >= 11 is 6.21. The van der Waals surface area contributed by atoms with Gasteiger partial charge < -0.3 is 23.5 Å². The maximum Gasteiger partial charge on any atom is 0.235 e. The van der Waals surface area contributed by atoms with Crippen molar-refractivity contribution in [3.63, 3.8) is 0 Å². The molecule has 0 saturated carbocycles. The summed E-state index contributed by atoms with van der Waals surface area (Å²) in [6.45, 7) is 4.63. The summed E-state index contributed by atoms with van der Waals surface area (Å²) in [5, 5.41) is 10.4. The van der Waals surface area contributed by atoms with Gasteiger partial charge >= 0.3 is 0 Å². The number of anilines is 1. The van der Waals surface area contributed by atoms with E-state index in [1.807, 2.05) is 60.7 Å². The second-order valence-corrected chi connectivity index (χ2v) is 9.55. The van der Waals surface area contributed by atoms with Crippen LogP contribution in [0.2, 0.25) is 5.02 Å². The van der Waals surface area contributed by atoms with Crippen molar-refractivity contribution >= 4 is 17.5 Å². The maximum atomic E-state index is 9.72. The molecule has 38 heavy (non-hydrogen) atoms. The van der Waals surface area contributed by atoms with E-state index in [2.05, 4.69) is 26.9 Å². The number of aromatic nitrogens is 1. The minimum Gasteiger partial charge on any atom is -0.489 e. The molecule has 2 aliphatic heterocycles. The second kappa shape index (κ2) is 10.7. The molecule has 0 unspecified atom stereocenters. The smallest absolute Gasteiger partial charge is 0.235 e. The van der Waals surface area contributed by atoms with Gasteiger partial charge in [0, 0.05) is 48.9 Å². The van der Waals surface area contributed by atoms with Crippen LogP contribution in [0.3, 0.4) is 0 Å². The van der Waals surface area contributed by atoms with Crippen molar-refractivity contribution in [2.45, 2.75) is 13.2 Å². The lowest BCUT2D eigenvalue weighted by Gasteiger charge is -2.34. The molecule has 8 nitrogen and oxygen atoms in total. The number of rotatable bonds is 7. The van der Waals surface area contributed by atoms with Crippen molar-refractivity contribution in [1.29, 1.82) is 5.26 Å². The van der Waals surface area contributed by atoms with E-state index in [9.17, 15) is 5.26 Å². The Morgan fingerprint density at radius 1 is 0.947 bits per heavy atom. The average molecular weight is 529 g/mol. The van der Waals surface area contributed by atoms with Crippen LogP contribution in [0, 0.1) is 11.3 Å². The minimum absolute atomic E-state index is 0.277. The zero-order chi connectivity index (χ0) is 25.9. The zero-order valence-electron chi connectivity index (χ0n) is 20.6. The number of nitrogens with zero attached hydrogens (tertiary/aromatic N) is 4. The second-order valence-electron chi connectivity index (χ2n) is 9.14. The predicted molar refractivity (Wildman–Crippen MR) is 142 cm³/mol. The fourth-order valence-corrected chi connectivity index (χ4v) is 4.79. The number of fused-ring (bicyclic) bond motifs is 1. The van der Waals surface area contributed by atoms with Gasteiger partial charge in [0.2, 0.25) is 24.3 Å². The summed E-state index contributed by atoms with van der Waals surface area (Å²) in [5.74, 6) is 3.23. The van der Waals surface area contributed by atoms with E-state index >= 15 is 0 Å². The molecule has 0 atom stereocenters. The largest absolute Gasteiger partial charge is 0.489 e. The monoisotopic (exact) mass is 528 g/mol. The van der Waals surface area contributed by atoms with Crippen LogP contribution in [0.25, 0.3) is 11.5 Å². The lowest BCUT2D eigenvalue weighted by atomic mass is 10.1. The molecule has 192 valence electrons. The number of oxazole rings is 1. The fourth-order valence-electron chi connectivity index (χ4n) is 4.60. The molecule has 0 N–H and O–H groups in total. The number of hydrogen-bond donors (Lipinski definition) is 0. The SMILES string of the molecule is N#Cc1nc(-c2ccc(OCc3ccccc3Cl)cc2)oc1N1CCN(Cc2ccc3c(c2)OCO3)CC1. The highest BCUT2D eigenvalue weighted by Crippen LogP contribution is 2.33. The highest BCUT2D eigenvalue weighted by Gasteiger charge is 2.25. The van der Waals surface area contributed by atoms with Crippen LogP contribution in [0.15, 0.2) is 71.1 Å². The van der Waals surface area contributed by atoms with Crippen molar-refractivity contribution in [3.05, 3.63) is 88.6 Å². The molecule has 0 spiro atoms. The number of nitriles is 1. The lowest BCUT2D eigenvalue weighted by molar-refractivity contribution is 0.174. The van der Waals surface area contributed by atoms with Gasteiger partial charge in [-0.15, -0.1) is 0 Å². The third-order valence-electron chi connectivity index (χ3n) is 6.67. The van der Waals surface area contributed by atoms with Gasteiger partial charge in [-0.25, -0.2) is 0 Å². The molecule has 3 heterocycles. The standard InChI is InChI=1S/C29H25ClN4O4/c30-24-4-2-1-3-22(24)18-35-23-8-6-21(7-9-23)28-32-25(16-31)29(38-28)34-13-11-33(12-14-34)17-20-5-10-26-27(15-20)37-19-36-26/h1-10,15H,11-14,17-19H2. The summed E-state index contributed by atoms with van der Waals surface area (Å²) in [5.41, 5.74) is 3.18. The van der Waals surface area contributed by atoms with Crippen LogP contribution in [-0.2, 0) is 13.2 Å². The van der Waals surface area contributed by atoms with Crippen molar-refractivity contribution in [3.8, 4) is 34.8 Å². The van der Waals surface area contributed by atoms with Crippen LogP contribution in [0.1, 0.15) is 16.8 Å². The van der Waals surface area contributed by atoms with Gasteiger partial charge in [-0.05, 0) is 48.0 Å². The molecule has 0 amide bonds. The first-order valence-corrected chi connectivity index (χ1v) is 12.8. The van der Waals surface area contributed by atoms with Crippen LogP contribution in [0.4, 0.5) is 5.88 Å². The predicted octanol–water partition coefficient (Wildman–Crippen LogP) is 5.50. The molecule has 6 rings (SSSR count). The summed E-state index contributed by atoms with van der Waals surface area (Å²) in [6, 6.07) is 23.3. The molecular weight excluding hydrogens is 504 g/mol. The van der Waals surface area contributed by atoms with Gasteiger partial charge in [0.25, 0.3) is 0 Å². The first-order chi connectivity index (χ1) is 18.7. The molecule has 1 saturated heterocycles. The van der Waals surface area contributed by atoms with Crippen LogP contribution < -0.4 is 19.1 Å². The van der Waals surface area contributed by atoms with E-state index in [4.69, 9.17) is 30.2 Å². The third-order valence-corrected chi connectivity index (χ3v) is 7.04. The number of piperazine rings is 1. The molecule has 1 aromatic heterocycles. The van der Waals surface area contributed by atoms with E-state index < -0.39 is 0 Å². The van der Waals surface area contributed by atoms with Crippen molar-refractivity contribution in [2.24, 2.45) is 0 Å². The van der Waals surface area contributed by atoms with Crippen molar-refractivity contribution in [1.82, 2.24) is 9.88 Å². The Morgan fingerprint density at radius 3 is 2.53 bits per heavy atom. The summed E-state index contributed by atoms with van der Waals surface area (Å²) in [6.07, 6.45) is 0. The summed E-state index contributed by atoms with van der Waals surface area (Å²) in [4.78, 5) is 8.93. The van der Waals surface area contributed by atoms with E-state index in [0.29, 0.717) is 34.8 Å². The Hall–Kier alpha value is -4.19. The van der Waals surface area contributed by atoms with Gasteiger partial charge in [-0.3, -0.25) is 4.90 Å². The summed E-state index contributed by atoms with van der Waals surface area (Å²) < 4.78 is 22.9. The quantitative estimate of drug-likeness (QED) is 0.311. The fraction of sp³-hybridized carbons (Fsp3) is 0.241. The average Bonchev–Trinajstić information content (AvgIpc) is 3.60. The lowest BCUT2D eigenvalue weighted by Crippen LogP contribution is -2.46. The van der Waals surface area contributed by atoms with Crippen LogP contribution >= 0.6 is 11.6 Å². The molecule has 0 aliphatic carbocycles. The Morgan fingerprint density at radius 2 is 1.74 bits per heavy atom. The Bertz CT molecular complexity index is 1470. The first-order valence-electron chi connectivity index (χ1n) is 12.4. The van der Waals surface area contributed by atoms with Gasteiger partial charge in [0.15, 0.2) is 11.5 Å².